The van der Waals surface area contributed by atoms with Crippen LogP contribution in [0.2, 0.25) is 0 Å². The van der Waals surface area contributed by atoms with E-state index in [4.69, 9.17) is 10.2 Å². The second-order valence-corrected chi connectivity index (χ2v) is 5.09. The molecule has 104 valence electrons. The summed E-state index contributed by atoms with van der Waals surface area (Å²) in [5.74, 6) is 0.944. The molecular formula is C15H13N5O. The van der Waals surface area contributed by atoms with Gasteiger partial charge in [-0.25, -0.2) is 4.98 Å². The summed E-state index contributed by atoms with van der Waals surface area (Å²) in [6.07, 6.45) is 0. The molecule has 1 aromatic carbocycles. The van der Waals surface area contributed by atoms with E-state index in [2.05, 4.69) is 15.1 Å². The summed E-state index contributed by atoms with van der Waals surface area (Å²) in [5.41, 5.74) is 10.7. The number of anilines is 1. The first kappa shape index (κ1) is 11.9. The summed E-state index contributed by atoms with van der Waals surface area (Å²) in [5, 5.41) is 4.30. The number of aromatic nitrogens is 4. The molecule has 0 radical (unpaired) electrons. The lowest BCUT2D eigenvalue weighted by Crippen LogP contribution is -2.01. The van der Waals surface area contributed by atoms with Crippen LogP contribution in [-0.4, -0.2) is 19.6 Å². The lowest BCUT2D eigenvalue weighted by atomic mass is 10.1. The fourth-order valence-corrected chi connectivity index (χ4v) is 2.32. The fraction of sp³-hybridized carbons (Fsp3) is 0.133. The van der Waals surface area contributed by atoms with Crippen molar-refractivity contribution >= 4 is 22.7 Å². The molecule has 0 saturated carbocycles. The van der Waals surface area contributed by atoms with Gasteiger partial charge in [0.05, 0.1) is 5.69 Å². The standard InChI is InChI=1S/C15H13N5O/c1-8-3-5-10(6-4-8)14-18-12-13(16)20-11(7-9(2)19-20)17-15(12)21-14/h3-7H,16H2,1-2H3. The highest BCUT2D eigenvalue weighted by Gasteiger charge is 2.15. The minimum atomic E-state index is 0.426. The van der Waals surface area contributed by atoms with E-state index in [0.29, 0.717) is 28.6 Å². The highest BCUT2D eigenvalue weighted by molar-refractivity contribution is 5.84. The Morgan fingerprint density at radius 1 is 1.10 bits per heavy atom. The monoisotopic (exact) mass is 279 g/mol. The molecule has 4 aromatic rings. The number of oxazole rings is 1. The second-order valence-electron chi connectivity index (χ2n) is 5.09. The van der Waals surface area contributed by atoms with Crippen LogP contribution in [0.5, 0.6) is 0 Å². The molecule has 3 heterocycles. The molecule has 21 heavy (non-hydrogen) atoms. The number of rotatable bonds is 1. The first-order valence-corrected chi connectivity index (χ1v) is 6.61. The van der Waals surface area contributed by atoms with E-state index in [9.17, 15) is 0 Å². The summed E-state index contributed by atoms with van der Waals surface area (Å²) in [6, 6.07) is 9.80. The first-order valence-electron chi connectivity index (χ1n) is 6.61. The van der Waals surface area contributed by atoms with Crippen LogP contribution in [0.25, 0.3) is 28.3 Å². The van der Waals surface area contributed by atoms with E-state index in [0.717, 1.165) is 11.3 Å². The molecule has 0 aliphatic heterocycles. The Balaban J connectivity index is 1.97. The van der Waals surface area contributed by atoms with Crippen molar-refractivity contribution in [1.29, 1.82) is 0 Å². The Bertz CT molecular complexity index is 965. The van der Waals surface area contributed by atoms with Crippen molar-refractivity contribution in [2.24, 2.45) is 0 Å². The van der Waals surface area contributed by atoms with Crippen LogP contribution in [-0.2, 0) is 0 Å². The summed E-state index contributed by atoms with van der Waals surface area (Å²) in [7, 11) is 0. The number of nitrogens with two attached hydrogens (primary N) is 1. The lowest BCUT2D eigenvalue weighted by Gasteiger charge is -1.96. The Morgan fingerprint density at radius 2 is 1.86 bits per heavy atom. The molecule has 2 N–H and O–H groups in total. The van der Waals surface area contributed by atoms with Gasteiger partial charge in [-0.3, -0.25) is 0 Å². The van der Waals surface area contributed by atoms with Crippen LogP contribution < -0.4 is 5.73 Å². The zero-order valence-corrected chi connectivity index (χ0v) is 11.7. The van der Waals surface area contributed by atoms with Crippen molar-refractivity contribution in [3.63, 3.8) is 0 Å². The van der Waals surface area contributed by atoms with Crippen molar-refractivity contribution in [2.75, 3.05) is 5.73 Å². The van der Waals surface area contributed by atoms with E-state index in [-0.39, 0.29) is 0 Å². The maximum absolute atomic E-state index is 6.12. The quantitative estimate of drug-likeness (QED) is 0.579. The first-order chi connectivity index (χ1) is 10.1. The van der Waals surface area contributed by atoms with E-state index >= 15 is 0 Å². The third-order valence-corrected chi connectivity index (χ3v) is 3.41. The van der Waals surface area contributed by atoms with E-state index in [1.807, 2.05) is 44.2 Å². The molecule has 0 saturated heterocycles. The Hall–Kier alpha value is -2.89. The van der Waals surface area contributed by atoms with Gasteiger partial charge in [0, 0.05) is 11.6 Å². The molecule has 0 atom stereocenters. The molecule has 3 aromatic heterocycles. The molecule has 4 rings (SSSR count). The number of hydrogen-bond acceptors (Lipinski definition) is 5. The minimum Gasteiger partial charge on any atom is -0.417 e. The van der Waals surface area contributed by atoms with Gasteiger partial charge in [0.25, 0.3) is 5.71 Å². The van der Waals surface area contributed by atoms with Gasteiger partial charge in [0.15, 0.2) is 17.0 Å². The Labute approximate surface area is 120 Å². The average molecular weight is 279 g/mol. The van der Waals surface area contributed by atoms with Crippen LogP contribution in [0, 0.1) is 13.8 Å². The van der Waals surface area contributed by atoms with Gasteiger partial charge in [-0.2, -0.15) is 14.6 Å². The van der Waals surface area contributed by atoms with Gasteiger partial charge in [0.1, 0.15) is 0 Å². The minimum absolute atomic E-state index is 0.426. The van der Waals surface area contributed by atoms with Crippen LogP contribution in [0.15, 0.2) is 34.7 Å². The summed E-state index contributed by atoms with van der Waals surface area (Å²) < 4.78 is 7.33. The van der Waals surface area contributed by atoms with Crippen molar-refractivity contribution in [2.45, 2.75) is 13.8 Å². The third kappa shape index (κ3) is 1.76. The molecule has 0 unspecified atom stereocenters. The van der Waals surface area contributed by atoms with E-state index < -0.39 is 0 Å². The molecule has 0 fully saturated rings. The zero-order chi connectivity index (χ0) is 14.6. The van der Waals surface area contributed by atoms with Gasteiger partial charge in [-0.05, 0) is 26.0 Å². The average Bonchev–Trinajstić information content (AvgIpc) is 3.03. The maximum atomic E-state index is 6.12. The zero-order valence-electron chi connectivity index (χ0n) is 11.7. The topological polar surface area (TPSA) is 82.2 Å². The molecular weight excluding hydrogens is 266 g/mol. The van der Waals surface area contributed by atoms with Gasteiger partial charge < -0.3 is 10.2 Å². The number of hydrogen-bond donors (Lipinski definition) is 1. The molecule has 0 aliphatic rings. The summed E-state index contributed by atoms with van der Waals surface area (Å²) >= 11 is 0. The second kappa shape index (κ2) is 4.05. The van der Waals surface area contributed by atoms with Gasteiger partial charge in [-0.1, -0.05) is 17.7 Å². The fourth-order valence-electron chi connectivity index (χ4n) is 2.32. The lowest BCUT2D eigenvalue weighted by molar-refractivity contribution is 0.608. The number of nitrogens with zero attached hydrogens (tertiary/aromatic N) is 4. The van der Waals surface area contributed by atoms with Crippen LogP contribution in [0.1, 0.15) is 11.3 Å². The molecule has 0 amide bonds. The maximum Gasteiger partial charge on any atom is 0.253 e. The molecule has 0 aliphatic carbocycles. The van der Waals surface area contributed by atoms with E-state index in [1.54, 1.807) is 4.52 Å². The van der Waals surface area contributed by atoms with Crippen molar-refractivity contribution in [3.8, 4) is 11.5 Å². The highest BCUT2D eigenvalue weighted by atomic mass is 16.4. The van der Waals surface area contributed by atoms with Gasteiger partial charge >= 0.3 is 0 Å². The number of aryl methyl sites for hydroxylation is 2. The molecule has 0 bridgehead atoms. The molecule has 6 nitrogen and oxygen atoms in total. The third-order valence-electron chi connectivity index (χ3n) is 3.41. The highest BCUT2D eigenvalue weighted by Crippen LogP contribution is 2.27. The van der Waals surface area contributed by atoms with Crippen molar-refractivity contribution in [1.82, 2.24) is 19.6 Å². The summed E-state index contributed by atoms with van der Waals surface area (Å²) in [4.78, 5) is 8.87. The summed E-state index contributed by atoms with van der Waals surface area (Å²) in [6.45, 7) is 3.92. The van der Waals surface area contributed by atoms with Gasteiger partial charge in [-0.15, -0.1) is 0 Å². The number of fused-ring (bicyclic) bond motifs is 2. The molecule has 6 heteroatoms. The van der Waals surface area contributed by atoms with Gasteiger partial charge in [0.2, 0.25) is 5.89 Å². The Morgan fingerprint density at radius 3 is 2.62 bits per heavy atom. The Kier molecular flexibility index (Phi) is 2.29. The predicted octanol–water partition coefficient (Wildman–Crippen LogP) is 2.74. The molecule has 0 spiro atoms. The number of nitrogen functional groups attached to an aromatic ring is 1. The van der Waals surface area contributed by atoms with Crippen molar-refractivity contribution < 1.29 is 4.42 Å². The van der Waals surface area contributed by atoms with Crippen LogP contribution in [0.3, 0.4) is 0 Å². The smallest absolute Gasteiger partial charge is 0.253 e. The van der Waals surface area contributed by atoms with E-state index in [1.165, 1.54) is 5.56 Å². The van der Waals surface area contributed by atoms with Crippen LogP contribution >= 0.6 is 0 Å². The number of benzene rings is 1. The SMILES string of the molecule is Cc1ccc(-c2nc3c(N)n4nc(C)cc4nc3o2)cc1. The van der Waals surface area contributed by atoms with Crippen molar-refractivity contribution in [3.05, 3.63) is 41.6 Å². The largest absolute Gasteiger partial charge is 0.417 e. The predicted molar refractivity (Wildman–Crippen MR) is 79.9 cm³/mol. The van der Waals surface area contributed by atoms with Crippen LogP contribution in [0.4, 0.5) is 5.82 Å². The normalized spacial score (nSPS) is 11.5.